The summed E-state index contributed by atoms with van der Waals surface area (Å²) in [6.07, 6.45) is 10.2. The van der Waals surface area contributed by atoms with Crippen LogP contribution in [0.2, 0.25) is 0 Å². The molecule has 3 aliphatic rings. The molecule has 0 radical (unpaired) electrons. The number of guanidine groups is 1. The molecule has 3 fully saturated rings. The lowest BCUT2D eigenvalue weighted by Gasteiger charge is -2.46. The molecule has 1 amide bonds. The SMILES string of the molecule is COc1ccc(C2(C3CCCC3)C(=O)NC(=N)N2C2CCCCC2)cc1. The highest BCUT2D eigenvalue weighted by atomic mass is 16.5. The number of benzene rings is 1. The normalized spacial score (nSPS) is 27.8. The third kappa shape index (κ3) is 2.60. The lowest BCUT2D eigenvalue weighted by atomic mass is 9.74. The van der Waals surface area contributed by atoms with Gasteiger partial charge < -0.3 is 9.64 Å². The average molecular weight is 355 g/mol. The molecule has 0 spiro atoms. The van der Waals surface area contributed by atoms with Crippen molar-refractivity contribution in [1.82, 2.24) is 10.2 Å². The number of rotatable bonds is 4. The Hall–Kier alpha value is -2.04. The van der Waals surface area contributed by atoms with Gasteiger partial charge in [-0.1, -0.05) is 44.2 Å². The first-order valence-corrected chi connectivity index (χ1v) is 10.0. The molecule has 2 saturated carbocycles. The maximum atomic E-state index is 13.4. The van der Waals surface area contributed by atoms with Crippen LogP contribution in [0, 0.1) is 11.3 Å². The second-order valence-electron chi connectivity index (χ2n) is 7.94. The molecule has 1 aromatic rings. The van der Waals surface area contributed by atoms with Gasteiger partial charge in [0.1, 0.15) is 5.75 Å². The Bertz CT molecular complexity index is 675. The minimum Gasteiger partial charge on any atom is -0.497 e. The molecule has 5 heteroatoms. The Balaban J connectivity index is 1.83. The van der Waals surface area contributed by atoms with Crippen molar-refractivity contribution in [3.63, 3.8) is 0 Å². The van der Waals surface area contributed by atoms with Crippen molar-refractivity contribution in [2.24, 2.45) is 5.92 Å². The van der Waals surface area contributed by atoms with Gasteiger partial charge in [-0.05, 0) is 49.3 Å². The number of ether oxygens (including phenoxy) is 1. The van der Waals surface area contributed by atoms with Crippen LogP contribution in [0.1, 0.15) is 63.4 Å². The quantitative estimate of drug-likeness (QED) is 0.864. The second-order valence-corrected chi connectivity index (χ2v) is 7.94. The Kier molecular flexibility index (Phi) is 4.63. The van der Waals surface area contributed by atoms with Crippen molar-refractivity contribution >= 4 is 11.9 Å². The molecular formula is C21H29N3O2. The van der Waals surface area contributed by atoms with Crippen molar-refractivity contribution < 1.29 is 9.53 Å². The van der Waals surface area contributed by atoms with Gasteiger partial charge in [-0.3, -0.25) is 15.5 Å². The molecule has 140 valence electrons. The van der Waals surface area contributed by atoms with Gasteiger partial charge in [0, 0.05) is 6.04 Å². The van der Waals surface area contributed by atoms with Crippen LogP contribution in [0.3, 0.4) is 0 Å². The highest BCUT2D eigenvalue weighted by Crippen LogP contribution is 2.49. The fourth-order valence-electron chi connectivity index (χ4n) is 5.44. The molecular weight excluding hydrogens is 326 g/mol. The summed E-state index contributed by atoms with van der Waals surface area (Å²) >= 11 is 0. The molecule has 1 saturated heterocycles. The number of methoxy groups -OCH3 is 1. The zero-order valence-electron chi connectivity index (χ0n) is 15.6. The third-order valence-corrected chi connectivity index (χ3v) is 6.61. The number of amides is 1. The summed E-state index contributed by atoms with van der Waals surface area (Å²) in [5, 5.41) is 11.5. The molecule has 2 aliphatic carbocycles. The van der Waals surface area contributed by atoms with E-state index in [1.54, 1.807) is 7.11 Å². The first-order valence-electron chi connectivity index (χ1n) is 10.0. The largest absolute Gasteiger partial charge is 0.497 e. The highest BCUT2D eigenvalue weighted by molar-refractivity contribution is 6.08. The van der Waals surface area contributed by atoms with Crippen LogP contribution >= 0.6 is 0 Å². The van der Waals surface area contributed by atoms with Crippen LogP contribution in [-0.4, -0.2) is 29.9 Å². The van der Waals surface area contributed by atoms with E-state index < -0.39 is 5.54 Å². The van der Waals surface area contributed by atoms with Gasteiger partial charge >= 0.3 is 0 Å². The maximum absolute atomic E-state index is 13.4. The summed E-state index contributed by atoms with van der Waals surface area (Å²) in [5.74, 6) is 1.35. The molecule has 1 aromatic carbocycles. The van der Waals surface area contributed by atoms with E-state index in [0.29, 0.717) is 5.96 Å². The Morgan fingerprint density at radius 3 is 2.27 bits per heavy atom. The van der Waals surface area contributed by atoms with Gasteiger partial charge in [0.2, 0.25) is 0 Å². The van der Waals surface area contributed by atoms with Crippen LogP contribution < -0.4 is 10.1 Å². The number of hydrogen-bond donors (Lipinski definition) is 2. The van der Waals surface area contributed by atoms with Gasteiger partial charge in [0.05, 0.1) is 7.11 Å². The summed E-state index contributed by atoms with van der Waals surface area (Å²) < 4.78 is 5.32. The minimum atomic E-state index is -0.734. The zero-order chi connectivity index (χ0) is 18.1. The number of carbonyl (C=O) groups excluding carboxylic acids is 1. The van der Waals surface area contributed by atoms with Crippen LogP contribution in [0.25, 0.3) is 0 Å². The summed E-state index contributed by atoms with van der Waals surface area (Å²) in [6, 6.07) is 8.23. The minimum absolute atomic E-state index is 0.00913. The highest BCUT2D eigenvalue weighted by Gasteiger charge is 2.59. The molecule has 0 bridgehead atoms. The average Bonchev–Trinajstić information content (AvgIpc) is 3.29. The summed E-state index contributed by atoms with van der Waals surface area (Å²) in [6.45, 7) is 0. The van der Waals surface area contributed by atoms with E-state index in [-0.39, 0.29) is 17.9 Å². The van der Waals surface area contributed by atoms with E-state index in [1.807, 2.05) is 24.3 Å². The smallest absolute Gasteiger partial charge is 0.257 e. The lowest BCUT2D eigenvalue weighted by molar-refractivity contribution is -0.131. The van der Waals surface area contributed by atoms with Crippen molar-refractivity contribution in [3.8, 4) is 5.75 Å². The van der Waals surface area contributed by atoms with E-state index in [4.69, 9.17) is 10.1 Å². The molecule has 1 atom stereocenters. The number of carbonyl (C=O) groups is 1. The monoisotopic (exact) mass is 355 g/mol. The molecule has 26 heavy (non-hydrogen) atoms. The van der Waals surface area contributed by atoms with E-state index in [2.05, 4.69) is 10.2 Å². The van der Waals surface area contributed by atoms with Crippen molar-refractivity contribution in [2.75, 3.05) is 7.11 Å². The number of hydrogen-bond acceptors (Lipinski definition) is 3. The van der Waals surface area contributed by atoms with Crippen LogP contribution in [0.5, 0.6) is 5.75 Å². The summed E-state index contributed by atoms with van der Waals surface area (Å²) in [4.78, 5) is 15.5. The summed E-state index contributed by atoms with van der Waals surface area (Å²) in [7, 11) is 1.66. The zero-order valence-corrected chi connectivity index (χ0v) is 15.6. The van der Waals surface area contributed by atoms with E-state index in [0.717, 1.165) is 37.0 Å². The first kappa shape index (κ1) is 17.4. The van der Waals surface area contributed by atoms with Gasteiger partial charge in [0.15, 0.2) is 11.5 Å². The molecule has 1 aliphatic heterocycles. The van der Waals surface area contributed by atoms with Gasteiger partial charge in [-0.15, -0.1) is 0 Å². The van der Waals surface area contributed by atoms with E-state index in [1.165, 1.54) is 32.1 Å². The van der Waals surface area contributed by atoms with Gasteiger partial charge in [-0.2, -0.15) is 0 Å². The van der Waals surface area contributed by atoms with Crippen molar-refractivity contribution in [3.05, 3.63) is 29.8 Å². The molecule has 4 rings (SSSR count). The Labute approximate surface area is 155 Å². The lowest BCUT2D eigenvalue weighted by Crippen LogP contribution is -2.56. The van der Waals surface area contributed by atoms with Crippen LogP contribution in [-0.2, 0) is 10.3 Å². The molecule has 1 heterocycles. The van der Waals surface area contributed by atoms with Crippen LogP contribution in [0.4, 0.5) is 0 Å². The maximum Gasteiger partial charge on any atom is 0.257 e. The summed E-state index contributed by atoms with van der Waals surface area (Å²) in [5.41, 5.74) is 0.275. The molecule has 0 aromatic heterocycles. The van der Waals surface area contributed by atoms with E-state index in [9.17, 15) is 4.79 Å². The Morgan fingerprint density at radius 1 is 1.04 bits per heavy atom. The fraction of sp³-hybridized carbons (Fsp3) is 0.619. The predicted molar refractivity (Wildman–Crippen MR) is 101 cm³/mol. The molecule has 1 unspecified atom stereocenters. The molecule has 2 N–H and O–H groups in total. The van der Waals surface area contributed by atoms with Crippen molar-refractivity contribution in [2.45, 2.75) is 69.4 Å². The molecule has 5 nitrogen and oxygen atoms in total. The van der Waals surface area contributed by atoms with Gasteiger partial charge in [-0.25, -0.2) is 0 Å². The second kappa shape index (κ2) is 6.93. The van der Waals surface area contributed by atoms with Crippen LogP contribution in [0.15, 0.2) is 24.3 Å². The number of nitrogens with one attached hydrogen (secondary N) is 2. The van der Waals surface area contributed by atoms with Crippen molar-refractivity contribution in [1.29, 1.82) is 5.41 Å². The first-order chi connectivity index (χ1) is 12.7. The van der Waals surface area contributed by atoms with Gasteiger partial charge in [0.25, 0.3) is 5.91 Å². The third-order valence-electron chi connectivity index (χ3n) is 6.61. The predicted octanol–water partition coefficient (Wildman–Crippen LogP) is 3.78. The topological polar surface area (TPSA) is 65.4 Å². The van der Waals surface area contributed by atoms with E-state index >= 15 is 0 Å². The number of nitrogens with zero attached hydrogens (tertiary/aromatic N) is 1. The Morgan fingerprint density at radius 2 is 1.65 bits per heavy atom. The fourth-order valence-corrected chi connectivity index (χ4v) is 5.44. The standard InChI is InChI=1S/C21H29N3O2/c1-26-18-13-11-16(12-14-18)21(15-7-5-6-8-15)19(25)23-20(22)24(21)17-9-3-2-4-10-17/h11-15,17H,2-10H2,1H3,(H2,22,23,25).